The number of aryl methyl sites for hydroxylation is 2. The summed E-state index contributed by atoms with van der Waals surface area (Å²) in [6, 6.07) is 7.99. The largest absolute Gasteiger partial charge is 0.457 e. The Morgan fingerprint density at radius 1 is 1.30 bits per heavy atom. The molecule has 1 aliphatic rings. The number of allylic oxidation sites excluding steroid dienone is 1. The number of non-ortho nitro benzene ring substituents is 1. The van der Waals surface area contributed by atoms with Gasteiger partial charge in [0, 0.05) is 17.7 Å². The summed E-state index contributed by atoms with van der Waals surface area (Å²) in [6.45, 7) is 3.80. The Hall–Kier alpha value is -3.11. The smallest absolute Gasteiger partial charge is 0.270 e. The number of nitro benzene ring substituents is 1. The number of hydrogen-bond donors (Lipinski definition) is 1. The van der Waals surface area contributed by atoms with E-state index < -0.39 is 10.8 Å². The second-order valence-electron chi connectivity index (χ2n) is 6.62. The lowest BCUT2D eigenvalue weighted by Gasteiger charge is -2.02. The van der Waals surface area contributed by atoms with Gasteiger partial charge in [0.25, 0.3) is 5.69 Å². The van der Waals surface area contributed by atoms with Crippen LogP contribution >= 0.6 is 23.1 Å². The quantitative estimate of drug-likeness (QED) is 0.336. The van der Waals surface area contributed by atoms with Crippen LogP contribution in [0.4, 0.5) is 5.69 Å². The Kier molecular flexibility index (Phi) is 5.35. The van der Waals surface area contributed by atoms with Crippen LogP contribution in [0.15, 0.2) is 39.7 Å². The van der Waals surface area contributed by atoms with Crippen LogP contribution < -0.4 is 0 Å². The number of Topliss-reactive ketones (excluding diaryl/α,β-unsaturated/α-hetero) is 1. The zero-order valence-electron chi connectivity index (χ0n) is 16.0. The summed E-state index contributed by atoms with van der Waals surface area (Å²) < 4.78 is 5.83. The fourth-order valence-electron chi connectivity index (χ4n) is 3.03. The van der Waals surface area contributed by atoms with Gasteiger partial charge in [0.05, 0.1) is 14.9 Å². The molecule has 3 heterocycles. The van der Waals surface area contributed by atoms with Gasteiger partial charge < -0.3 is 4.42 Å². The number of benzene rings is 1. The van der Waals surface area contributed by atoms with Crippen LogP contribution in [-0.2, 0) is 11.2 Å². The molecule has 1 atom stereocenters. The summed E-state index contributed by atoms with van der Waals surface area (Å²) in [4.78, 5) is 23.9. The van der Waals surface area contributed by atoms with Crippen molar-refractivity contribution in [3.63, 3.8) is 0 Å². The Morgan fingerprint density at radius 3 is 2.80 bits per heavy atom. The molecule has 0 unspecified atom stereocenters. The third-order valence-electron chi connectivity index (χ3n) is 4.62. The number of nitrogens with one attached hydrogen (secondary N) is 1. The Labute approximate surface area is 179 Å². The van der Waals surface area contributed by atoms with Gasteiger partial charge in [0.15, 0.2) is 5.78 Å². The molecule has 10 heteroatoms. The maximum absolute atomic E-state index is 12.9. The first-order valence-electron chi connectivity index (χ1n) is 9.07. The van der Waals surface area contributed by atoms with E-state index >= 15 is 0 Å². The van der Waals surface area contributed by atoms with Crippen molar-refractivity contribution < 1.29 is 14.1 Å². The highest BCUT2D eigenvalue weighted by molar-refractivity contribution is 8.19. The van der Waals surface area contributed by atoms with Crippen molar-refractivity contribution in [1.82, 2.24) is 10.2 Å². The fraction of sp³-hybridized carbons (Fsp3) is 0.200. The highest BCUT2D eigenvalue weighted by Crippen LogP contribution is 2.42. The van der Waals surface area contributed by atoms with Crippen molar-refractivity contribution in [3.8, 4) is 11.3 Å². The molecule has 30 heavy (non-hydrogen) atoms. The van der Waals surface area contributed by atoms with Gasteiger partial charge >= 0.3 is 0 Å². The number of nitrogens with zero attached hydrogens (tertiary/aromatic N) is 3. The van der Waals surface area contributed by atoms with Gasteiger partial charge in [0.1, 0.15) is 27.5 Å². The number of hydrogen-bond acceptors (Lipinski definition) is 9. The molecule has 0 saturated carbocycles. The van der Waals surface area contributed by atoms with Gasteiger partial charge in [-0.2, -0.15) is 0 Å². The molecule has 1 aromatic carbocycles. The van der Waals surface area contributed by atoms with Crippen molar-refractivity contribution in [2.24, 2.45) is 0 Å². The van der Waals surface area contributed by atoms with Crippen LogP contribution in [0, 0.1) is 22.4 Å². The molecular formula is C20H16N4O4S2. The Morgan fingerprint density at radius 2 is 2.10 bits per heavy atom. The predicted octanol–water partition coefficient (Wildman–Crippen LogP) is 4.99. The molecule has 0 aliphatic carbocycles. The van der Waals surface area contributed by atoms with Crippen LogP contribution in [0.5, 0.6) is 0 Å². The molecule has 1 fully saturated rings. The van der Waals surface area contributed by atoms with Crippen LogP contribution in [0.3, 0.4) is 0 Å². The molecule has 0 bridgehead atoms. The van der Waals surface area contributed by atoms with E-state index in [0.717, 1.165) is 28.8 Å². The fourth-order valence-corrected chi connectivity index (χ4v) is 4.97. The number of nitro groups is 1. The monoisotopic (exact) mass is 440 g/mol. The van der Waals surface area contributed by atoms with E-state index in [1.165, 1.54) is 23.5 Å². The minimum Gasteiger partial charge on any atom is -0.457 e. The first kappa shape index (κ1) is 20.2. The maximum Gasteiger partial charge on any atom is 0.270 e. The summed E-state index contributed by atoms with van der Waals surface area (Å²) in [6.07, 6.45) is 2.33. The average molecular weight is 441 g/mol. The minimum absolute atomic E-state index is 0.0202. The molecule has 0 radical (unpaired) electrons. The van der Waals surface area contributed by atoms with Crippen LogP contribution in [0.25, 0.3) is 17.4 Å². The van der Waals surface area contributed by atoms with E-state index in [-0.39, 0.29) is 16.5 Å². The van der Waals surface area contributed by atoms with Crippen molar-refractivity contribution in [3.05, 3.63) is 66.7 Å². The molecule has 1 aliphatic heterocycles. The van der Waals surface area contributed by atoms with Crippen molar-refractivity contribution in [2.45, 2.75) is 26.2 Å². The van der Waals surface area contributed by atoms with Crippen molar-refractivity contribution in [1.29, 1.82) is 5.41 Å². The zero-order valence-corrected chi connectivity index (χ0v) is 17.7. The summed E-state index contributed by atoms with van der Waals surface area (Å²) in [5.74, 6) is -0.00525. The summed E-state index contributed by atoms with van der Waals surface area (Å²) in [5.41, 5.74) is 1.43. The third kappa shape index (κ3) is 3.71. The van der Waals surface area contributed by atoms with Gasteiger partial charge in [-0.3, -0.25) is 20.3 Å². The summed E-state index contributed by atoms with van der Waals surface area (Å²) in [5, 5.41) is 29.0. The van der Waals surface area contributed by atoms with Gasteiger partial charge in [-0.1, -0.05) is 24.8 Å². The lowest BCUT2D eigenvalue weighted by Crippen LogP contribution is -2.11. The standard InChI is InChI=1S/C20H16N4O4S2/c1-3-16-22-23-20(30-16)17-18(25)15(29-19(17)21)9-12-6-7-14(28-12)13-8-11(24(26)27)5-4-10(13)2/h4-9,17,21H,3H2,1-2H3/b15-9-,21-19?/t17-/m1/s1. The van der Waals surface area contributed by atoms with Gasteiger partial charge in [0.2, 0.25) is 0 Å². The molecule has 8 nitrogen and oxygen atoms in total. The van der Waals surface area contributed by atoms with Crippen LogP contribution in [-0.4, -0.2) is 25.9 Å². The maximum atomic E-state index is 12.9. The number of carbonyl (C=O) groups excluding carboxylic acids is 1. The summed E-state index contributed by atoms with van der Waals surface area (Å²) in [7, 11) is 0. The van der Waals surface area contributed by atoms with Crippen LogP contribution in [0.2, 0.25) is 0 Å². The number of carbonyl (C=O) groups is 1. The molecule has 152 valence electrons. The first-order valence-corrected chi connectivity index (χ1v) is 10.7. The Bertz CT molecular complexity index is 1210. The number of furan rings is 1. The first-order chi connectivity index (χ1) is 14.4. The van der Waals surface area contributed by atoms with E-state index in [9.17, 15) is 14.9 Å². The topological polar surface area (TPSA) is 123 Å². The molecular weight excluding hydrogens is 424 g/mol. The molecule has 2 aromatic heterocycles. The molecule has 1 saturated heterocycles. The number of ketones is 1. The minimum atomic E-state index is -0.715. The second kappa shape index (κ2) is 7.96. The number of aromatic nitrogens is 2. The number of thioether (sulfide) groups is 1. The van der Waals surface area contributed by atoms with Crippen molar-refractivity contribution in [2.75, 3.05) is 0 Å². The average Bonchev–Trinajstić information content (AvgIpc) is 3.42. The summed E-state index contributed by atoms with van der Waals surface area (Å²) >= 11 is 2.44. The molecule has 3 aromatic rings. The normalized spacial score (nSPS) is 17.8. The molecule has 0 amide bonds. The van der Waals surface area contributed by atoms with Crippen LogP contribution in [0.1, 0.15) is 34.2 Å². The van der Waals surface area contributed by atoms with Gasteiger partial charge in [-0.25, -0.2) is 0 Å². The number of rotatable bonds is 5. The SMILES string of the molecule is CCc1nnc([C@H]2C(=N)S/C(=C\c3ccc(-c4cc([N+](=O)[O-])ccc4C)o3)C2=O)s1. The molecule has 4 rings (SSSR count). The third-order valence-corrected chi connectivity index (χ3v) is 6.74. The molecule has 0 spiro atoms. The molecule has 1 N–H and O–H groups in total. The lowest BCUT2D eigenvalue weighted by molar-refractivity contribution is -0.384. The van der Waals surface area contributed by atoms with Gasteiger partial charge in [-0.15, -0.1) is 21.5 Å². The predicted molar refractivity (Wildman–Crippen MR) is 116 cm³/mol. The van der Waals surface area contributed by atoms with E-state index in [0.29, 0.717) is 27.0 Å². The van der Waals surface area contributed by atoms with E-state index in [4.69, 9.17) is 9.83 Å². The van der Waals surface area contributed by atoms with E-state index in [1.54, 1.807) is 24.3 Å². The van der Waals surface area contributed by atoms with E-state index in [1.807, 2.05) is 13.8 Å². The zero-order chi connectivity index (χ0) is 21.4. The lowest BCUT2D eigenvalue weighted by atomic mass is 10.1. The van der Waals surface area contributed by atoms with E-state index in [2.05, 4.69) is 10.2 Å². The highest BCUT2D eigenvalue weighted by Gasteiger charge is 2.39. The Balaban J connectivity index is 1.62. The second-order valence-corrected chi connectivity index (χ2v) is 8.80. The van der Waals surface area contributed by atoms with Crippen molar-refractivity contribution >= 4 is 45.7 Å². The van der Waals surface area contributed by atoms with Gasteiger partial charge in [-0.05, 0) is 37.1 Å². The highest BCUT2D eigenvalue weighted by atomic mass is 32.2.